The van der Waals surface area contributed by atoms with Crippen molar-refractivity contribution >= 4 is 60.3 Å². The number of imidazole rings is 1. The standard InChI is InChI=1S/C22H27N9O12P2S/c1-37-14-10-4-38-44(34,35)42-13-9(40-20(12(13)32)30-3-2-8-16(23)25-6-26-17(8)30)5-39-45(36,46)43-15(14)21(41-10)31-7-27-11-18(31)28-22(24)29-19(11)33/h2-3,6-7,9-10,12-15,20-21,32H,4-5H2,1H3,(H,34,35)(H,36,46)(H2,23,25,26)(H3,24,28,29,33). The minimum atomic E-state index is -4.95. The first-order valence-electron chi connectivity index (χ1n) is 13.5. The van der Waals surface area contributed by atoms with Crippen LogP contribution in [-0.4, -0.2) is 106 Å². The van der Waals surface area contributed by atoms with E-state index in [9.17, 15) is 24.3 Å². The average molecular weight is 704 g/mol. The molecule has 248 valence electrons. The Kier molecular flexibility index (Phi) is 8.00. The van der Waals surface area contributed by atoms with Crippen LogP contribution in [0.4, 0.5) is 11.8 Å². The lowest BCUT2D eigenvalue weighted by molar-refractivity contribution is -0.0642. The molecule has 0 saturated carbocycles. The molecular formula is C22H27N9O12P2S. The summed E-state index contributed by atoms with van der Waals surface area (Å²) in [6.07, 6.45) is -6.30. The second-order valence-corrected chi connectivity index (χ2v) is 14.7. The molecule has 21 nitrogen and oxygen atoms in total. The lowest BCUT2D eigenvalue weighted by Gasteiger charge is -2.28. The lowest BCUT2D eigenvalue weighted by atomic mass is 10.1. The second kappa shape index (κ2) is 11.6. The number of methoxy groups -OCH3 is 1. The van der Waals surface area contributed by atoms with Gasteiger partial charge < -0.3 is 49.7 Å². The van der Waals surface area contributed by atoms with Gasteiger partial charge in [-0.15, -0.1) is 0 Å². The quantitative estimate of drug-likeness (QED) is 0.140. The first-order valence-corrected chi connectivity index (χ1v) is 17.6. The Labute approximate surface area is 262 Å². The number of nitrogens with two attached hydrogens (primary N) is 2. The van der Waals surface area contributed by atoms with E-state index in [0.29, 0.717) is 11.0 Å². The fourth-order valence-corrected chi connectivity index (χ4v) is 8.08. The number of anilines is 2. The predicted molar refractivity (Wildman–Crippen MR) is 157 cm³/mol. The summed E-state index contributed by atoms with van der Waals surface area (Å²) >= 11 is 5.33. The Hall–Kier alpha value is -2.95. The Morgan fingerprint density at radius 1 is 1.04 bits per heavy atom. The van der Waals surface area contributed by atoms with Crippen LogP contribution in [0.1, 0.15) is 12.5 Å². The molecule has 46 heavy (non-hydrogen) atoms. The van der Waals surface area contributed by atoms with E-state index in [1.165, 1.54) is 35.1 Å². The summed E-state index contributed by atoms with van der Waals surface area (Å²) in [5.74, 6) is -0.0199. The normalized spacial score (nSPS) is 37.1. The van der Waals surface area contributed by atoms with Crippen LogP contribution in [0, 0.1) is 0 Å². The van der Waals surface area contributed by atoms with Crippen molar-refractivity contribution in [1.29, 1.82) is 0 Å². The molecule has 2 bridgehead atoms. The number of aromatic nitrogens is 7. The Bertz CT molecular complexity index is 1960. The molecule has 0 amide bonds. The summed E-state index contributed by atoms with van der Waals surface area (Å²) < 4.78 is 55.9. The first-order chi connectivity index (χ1) is 21.9. The molecule has 8 N–H and O–H groups in total. The molecular weight excluding hydrogens is 676 g/mol. The second-order valence-electron chi connectivity index (χ2n) is 10.5. The van der Waals surface area contributed by atoms with Crippen molar-refractivity contribution in [3.8, 4) is 0 Å². The number of fused-ring (bicyclic) bond motifs is 5. The molecule has 3 aliphatic heterocycles. The number of rotatable bonds is 3. The molecule has 0 aliphatic carbocycles. The van der Waals surface area contributed by atoms with E-state index in [0.717, 1.165) is 0 Å². The van der Waals surface area contributed by atoms with Crippen LogP contribution in [0.25, 0.3) is 22.2 Å². The van der Waals surface area contributed by atoms with Crippen LogP contribution in [0.5, 0.6) is 0 Å². The van der Waals surface area contributed by atoms with Gasteiger partial charge in [0.05, 0.1) is 24.9 Å². The maximum atomic E-state index is 13.2. The fraction of sp³-hybridized carbons (Fsp3) is 0.500. The van der Waals surface area contributed by atoms with Gasteiger partial charge in [-0.1, -0.05) is 0 Å². The highest BCUT2D eigenvalue weighted by molar-refractivity contribution is 8.07. The van der Waals surface area contributed by atoms with Crippen LogP contribution in [0.15, 0.2) is 29.7 Å². The molecule has 0 spiro atoms. The van der Waals surface area contributed by atoms with Gasteiger partial charge in [0.2, 0.25) is 5.95 Å². The third-order valence-corrected chi connectivity index (χ3v) is 10.3. The summed E-state index contributed by atoms with van der Waals surface area (Å²) in [5.41, 5.74) is 11.3. The predicted octanol–water partition coefficient (Wildman–Crippen LogP) is -0.966. The average Bonchev–Trinajstić information content (AvgIpc) is 3.75. The number of phosphoric ester groups is 1. The Morgan fingerprint density at radius 3 is 2.59 bits per heavy atom. The molecule has 3 aliphatic rings. The van der Waals surface area contributed by atoms with E-state index < -0.39 is 82.4 Å². The van der Waals surface area contributed by atoms with E-state index in [1.807, 2.05) is 0 Å². The SMILES string of the molecule is COC1C2COP(=O)(O)OC3C(COP(O)(=S)OC1C(n1cnc4c(=O)[nH]c(N)nc41)O2)OC(n1ccc2c(N)ncnc21)C3O. The van der Waals surface area contributed by atoms with Gasteiger partial charge in [0.15, 0.2) is 23.6 Å². The molecule has 4 aromatic rings. The van der Waals surface area contributed by atoms with Crippen LogP contribution in [-0.2, 0) is 48.7 Å². The zero-order chi connectivity index (χ0) is 32.5. The number of hydrogen-bond acceptors (Lipinski definition) is 17. The molecule has 7 heterocycles. The summed E-state index contributed by atoms with van der Waals surface area (Å²) in [4.78, 5) is 53.0. The van der Waals surface area contributed by atoms with Crippen LogP contribution in [0.2, 0.25) is 0 Å². The van der Waals surface area contributed by atoms with Gasteiger partial charge in [-0.05, 0) is 17.9 Å². The summed E-state index contributed by atoms with van der Waals surface area (Å²) in [6.45, 7) is -5.37. The topological polar surface area (TPSA) is 289 Å². The van der Waals surface area contributed by atoms with Crippen molar-refractivity contribution in [2.45, 2.75) is 49.1 Å². The molecule has 0 aromatic carbocycles. The van der Waals surface area contributed by atoms with E-state index in [-0.39, 0.29) is 22.9 Å². The van der Waals surface area contributed by atoms with E-state index in [4.69, 9.17) is 55.6 Å². The zero-order valence-electron chi connectivity index (χ0n) is 23.5. The fourth-order valence-electron chi connectivity index (χ4n) is 5.71. The number of nitrogens with one attached hydrogen (secondary N) is 1. The monoisotopic (exact) mass is 703 g/mol. The maximum absolute atomic E-state index is 13.2. The molecule has 3 fully saturated rings. The number of phosphoric acid groups is 1. The third-order valence-electron chi connectivity index (χ3n) is 7.72. The van der Waals surface area contributed by atoms with E-state index in [1.54, 1.807) is 6.07 Å². The smallest absolute Gasteiger partial charge is 0.386 e. The third kappa shape index (κ3) is 5.54. The van der Waals surface area contributed by atoms with E-state index in [2.05, 4.69) is 24.9 Å². The van der Waals surface area contributed by atoms with E-state index >= 15 is 0 Å². The van der Waals surface area contributed by atoms with Crippen LogP contribution >= 0.6 is 14.5 Å². The Morgan fingerprint density at radius 2 is 1.80 bits per heavy atom. The number of nitrogen functional groups attached to an aromatic ring is 2. The molecule has 24 heteroatoms. The molecule has 3 saturated heterocycles. The highest BCUT2D eigenvalue weighted by atomic mass is 32.5. The van der Waals surface area contributed by atoms with Gasteiger partial charge in [0.25, 0.3) is 5.56 Å². The first kappa shape index (κ1) is 31.6. The van der Waals surface area contributed by atoms with Crippen molar-refractivity contribution in [2.24, 2.45) is 0 Å². The number of nitrogens with zero attached hydrogens (tertiary/aromatic N) is 6. The van der Waals surface area contributed by atoms with Gasteiger partial charge >= 0.3 is 14.5 Å². The van der Waals surface area contributed by atoms with Crippen molar-refractivity contribution in [3.63, 3.8) is 0 Å². The molecule has 4 aromatic heterocycles. The number of aliphatic hydroxyl groups is 1. The van der Waals surface area contributed by atoms with Crippen LogP contribution < -0.4 is 17.0 Å². The number of aliphatic hydroxyl groups excluding tert-OH is 1. The van der Waals surface area contributed by atoms with Crippen molar-refractivity contribution in [3.05, 3.63) is 35.3 Å². The van der Waals surface area contributed by atoms with Gasteiger partial charge in [-0.25, -0.2) is 19.5 Å². The van der Waals surface area contributed by atoms with Gasteiger partial charge in [0.1, 0.15) is 54.4 Å². The minimum absolute atomic E-state index is 0.00695. The number of H-pyrrole nitrogens is 1. The summed E-state index contributed by atoms with van der Waals surface area (Å²) in [5, 5.41) is 11.7. The van der Waals surface area contributed by atoms with Gasteiger partial charge in [-0.2, -0.15) is 4.98 Å². The Balaban J connectivity index is 1.22. The molecule has 10 atom stereocenters. The van der Waals surface area contributed by atoms with Crippen molar-refractivity contribution < 1.29 is 51.8 Å². The number of hydrogen-bond donors (Lipinski definition) is 6. The highest BCUT2D eigenvalue weighted by Gasteiger charge is 2.53. The van der Waals surface area contributed by atoms with Crippen molar-refractivity contribution in [1.82, 2.24) is 34.1 Å². The highest BCUT2D eigenvalue weighted by Crippen LogP contribution is 2.54. The number of aromatic amines is 1. The minimum Gasteiger partial charge on any atom is -0.386 e. The maximum Gasteiger partial charge on any atom is 0.472 e. The van der Waals surface area contributed by atoms with Crippen LogP contribution in [0.3, 0.4) is 0 Å². The van der Waals surface area contributed by atoms with Gasteiger partial charge in [-0.3, -0.25) is 27.9 Å². The summed E-state index contributed by atoms with van der Waals surface area (Å²) in [6, 6.07) is 1.61. The number of ether oxygens (including phenoxy) is 3. The van der Waals surface area contributed by atoms with Gasteiger partial charge in [0, 0.05) is 13.3 Å². The zero-order valence-corrected chi connectivity index (χ0v) is 26.1. The molecule has 10 unspecified atom stereocenters. The molecule has 0 radical (unpaired) electrons. The summed E-state index contributed by atoms with van der Waals surface area (Å²) in [7, 11) is -3.65. The lowest BCUT2D eigenvalue weighted by Crippen LogP contribution is -2.37. The largest absolute Gasteiger partial charge is 0.472 e. The van der Waals surface area contributed by atoms with Crippen molar-refractivity contribution in [2.75, 3.05) is 31.8 Å². The molecule has 7 rings (SSSR count).